The van der Waals surface area contributed by atoms with Gasteiger partial charge in [0.1, 0.15) is 23.3 Å². The van der Waals surface area contributed by atoms with Crippen LogP contribution in [0.15, 0.2) is 48.8 Å². The third-order valence-electron chi connectivity index (χ3n) is 4.71. The van der Waals surface area contributed by atoms with Crippen LogP contribution in [0.4, 0.5) is 14.5 Å². The van der Waals surface area contributed by atoms with Gasteiger partial charge in [0, 0.05) is 17.3 Å². The number of aromatic nitrogens is 2. The molecule has 1 unspecified atom stereocenters. The van der Waals surface area contributed by atoms with Crippen molar-refractivity contribution in [1.82, 2.24) is 14.5 Å². The lowest BCUT2D eigenvalue weighted by molar-refractivity contribution is -0.119. The van der Waals surface area contributed by atoms with Crippen molar-refractivity contribution in [1.29, 1.82) is 0 Å². The first-order valence-electron chi connectivity index (χ1n) is 8.82. The largest absolute Gasteiger partial charge is 0.506 e. The van der Waals surface area contributed by atoms with E-state index in [1.807, 2.05) is 0 Å². The Kier molecular flexibility index (Phi) is 4.69. The van der Waals surface area contributed by atoms with Crippen LogP contribution in [0.2, 0.25) is 0 Å². The summed E-state index contributed by atoms with van der Waals surface area (Å²) in [4.78, 5) is 11.8. The number of nitrogens with zero attached hydrogens (tertiary/aromatic N) is 3. The number of phenolic OH excluding ortho intramolecular Hbond substituents is 1. The quantitative estimate of drug-likeness (QED) is 0.655. The molecule has 1 aromatic heterocycles. The maximum Gasteiger partial charge on any atom is 0.327 e. The van der Waals surface area contributed by atoms with E-state index in [9.17, 15) is 22.7 Å². The van der Waals surface area contributed by atoms with Crippen LogP contribution in [0, 0.1) is 11.6 Å². The van der Waals surface area contributed by atoms with Gasteiger partial charge in [-0.2, -0.15) is 13.5 Å². The van der Waals surface area contributed by atoms with E-state index >= 15 is 4.39 Å². The minimum absolute atomic E-state index is 0.0185. The van der Waals surface area contributed by atoms with Crippen molar-refractivity contribution >= 4 is 21.8 Å². The normalized spacial score (nSPS) is 17.9. The first kappa shape index (κ1) is 19.8. The third kappa shape index (κ3) is 3.36. The predicted molar refractivity (Wildman–Crippen MR) is 104 cm³/mol. The van der Waals surface area contributed by atoms with Crippen LogP contribution in [0.1, 0.15) is 12.5 Å². The highest BCUT2D eigenvalue weighted by molar-refractivity contribution is 7.92. The average Bonchev–Trinajstić information content (AvgIpc) is 3.19. The summed E-state index contributed by atoms with van der Waals surface area (Å²) < 4.78 is 56.9. The Morgan fingerprint density at radius 2 is 2.00 bits per heavy atom. The van der Waals surface area contributed by atoms with Crippen LogP contribution in [0.5, 0.6) is 5.75 Å². The zero-order valence-electron chi connectivity index (χ0n) is 15.6. The molecule has 2 N–H and O–H groups in total. The minimum Gasteiger partial charge on any atom is -0.506 e. The summed E-state index contributed by atoms with van der Waals surface area (Å²) in [7, 11) is -4.34. The Morgan fingerprint density at radius 3 is 2.67 bits per heavy atom. The summed E-state index contributed by atoms with van der Waals surface area (Å²) in [5, 5.41) is 14.3. The molecule has 1 amide bonds. The van der Waals surface area contributed by atoms with Crippen LogP contribution in [0.3, 0.4) is 0 Å². The Hall–Kier alpha value is -3.47. The van der Waals surface area contributed by atoms with Gasteiger partial charge in [-0.1, -0.05) is 12.1 Å². The number of hydrogen-bond acceptors (Lipinski definition) is 5. The summed E-state index contributed by atoms with van der Waals surface area (Å²) in [6.45, 7) is 1.52. The van der Waals surface area contributed by atoms with E-state index in [1.54, 1.807) is 16.9 Å². The summed E-state index contributed by atoms with van der Waals surface area (Å²) in [6.07, 6.45) is 2.87. The number of carbonyl (C=O) groups excluding carboxylic acids is 1. The van der Waals surface area contributed by atoms with Crippen molar-refractivity contribution in [2.45, 2.75) is 19.5 Å². The van der Waals surface area contributed by atoms with E-state index in [1.165, 1.54) is 42.2 Å². The molecule has 30 heavy (non-hydrogen) atoms. The summed E-state index contributed by atoms with van der Waals surface area (Å²) in [5.74, 6) is -2.87. The van der Waals surface area contributed by atoms with Gasteiger partial charge in [0.2, 0.25) is 0 Å². The number of nitrogens with one attached hydrogen (secondary N) is 1. The van der Waals surface area contributed by atoms with Gasteiger partial charge in [-0.3, -0.25) is 9.48 Å². The standard InChI is InChI=1S/C19H16F2N4O4S/c1-11-19(27)23-30(28,29)25(11)18-16(26)6-5-15(17(18)21)13-8-22-24(10-13)9-12-3-2-4-14(20)7-12/h2-8,10-11,26H,9H2,1H3,(H,23,27). The molecule has 1 saturated heterocycles. The van der Waals surface area contributed by atoms with Gasteiger partial charge in [-0.25, -0.2) is 17.8 Å². The van der Waals surface area contributed by atoms with E-state index in [0.29, 0.717) is 15.4 Å². The Bertz CT molecular complexity index is 1260. The SMILES string of the molecule is CC1C(=O)NS(=O)(=O)N1c1c(O)ccc(-c2cnn(Cc3cccc(F)c3)c2)c1F. The predicted octanol–water partition coefficient (Wildman–Crippen LogP) is 2.15. The highest BCUT2D eigenvalue weighted by atomic mass is 32.2. The van der Waals surface area contributed by atoms with E-state index in [2.05, 4.69) is 5.10 Å². The molecule has 3 aromatic rings. The lowest BCUT2D eigenvalue weighted by Gasteiger charge is -2.21. The van der Waals surface area contributed by atoms with Crippen LogP contribution in [-0.2, 0) is 21.5 Å². The number of halogens is 2. The zero-order valence-corrected chi connectivity index (χ0v) is 16.4. The lowest BCUT2D eigenvalue weighted by atomic mass is 10.1. The average molecular weight is 434 g/mol. The second kappa shape index (κ2) is 7.10. The number of anilines is 1. The number of amides is 1. The third-order valence-corrected chi connectivity index (χ3v) is 6.19. The fraction of sp³-hybridized carbons (Fsp3) is 0.158. The molecule has 8 nitrogen and oxygen atoms in total. The molecule has 1 aliphatic heterocycles. The number of rotatable bonds is 4. The molecule has 1 fully saturated rings. The molecular weight excluding hydrogens is 418 g/mol. The second-order valence-corrected chi connectivity index (χ2v) is 8.34. The van der Waals surface area contributed by atoms with Crippen LogP contribution in [0.25, 0.3) is 11.1 Å². The topological polar surface area (TPSA) is 105 Å². The highest BCUT2D eigenvalue weighted by Crippen LogP contribution is 2.40. The van der Waals surface area contributed by atoms with E-state index in [0.717, 1.165) is 6.07 Å². The smallest absolute Gasteiger partial charge is 0.327 e. The van der Waals surface area contributed by atoms with Crippen molar-refractivity contribution < 1.29 is 27.1 Å². The fourth-order valence-electron chi connectivity index (χ4n) is 3.29. The van der Waals surface area contributed by atoms with Crippen LogP contribution in [-0.4, -0.2) is 35.3 Å². The molecule has 0 spiro atoms. The zero-order chi connectivity index (χ0) is 21.6. The number of benzene rings is 2. The van der Waals surface area contributed by atoms with Gasteiger partial charge < -0.3 is 5.11 Å². The van der Waals surface area contributed by atoms with Crippen LogP contribution >= 0.6 is 0 Å². The fourth-order valence-corrected chi connectivity index (χ4v) is 4.74. The Balaban J connectivity index is 1.73. The van der Waals surface area contributed by atoms with Gasteiger partial charge in [-0.15, -0.1) is 0 Å². The summed E-state index contributed by atoms with van der Waals surface area (Å²) in [6, 6.07) is 7.13. The van der Waals surface area contributed by atoms with Crippen LogP contribution < -0.4 is 9.03 Å². The Labute approximate surface area is 170 Å². The molecule has 2 aromatic carbocycles. The molecule has 1 aliphatic rings. The molecule has 0 saturated carbocycles. The molecule has 0 aliphatic carbocycles. The first-order chi connectivity index (χ1) is 14.2. The summed E-state index contributed by atoms with van der Waals surface area (Å²) >= 11 is 0. The minimum atomic E-state index is -4.34. The molecule has 0 radical (unpaired) electrons. The van der Waals surface area contributed by atoms with E-state index in [4.69, 9.17) is 0 Å². The van der Waals surface area contributed by atoms with Crippen molar-refractivity contribution in [3.05, 3.63) is 66.0 Å². The van der Waals surface area contributed by atoms with E-state index in [-0.39, 0.29) is 12.1 Å². The lowest BCUT2D eigenvalue weighted by Crippen LogP contribution is -2.34. The maximum atomic E-state index is 15.3. The Morgan fingerprint density at radius 1 is 1.23 bits per heavy atom. The number of hydrogen-bond donors (Lipinski definition) is 2. The molecule has 4 rings (SSSR count). The van der Waals surface area contributed by atoms with Crippen molar-refractivity contribution in [2.75, 3.05) is 4.31 Å². The van der Waals surface area contributed by atoms with Gasteiger partial charge >= 0.3 is 10.2 Å². The molecular formula is C19H16F2N4O4S. The molecule has 1 atom stereocenters. The molecule has 156 valence electrons. The van der Waals surface area contributed by atoms with Crippen molar-refractivity contribution in [3.63, 3.8) is 0 Å². The van der Waals surface area contributed by atoms with Gasteiger partial charge in [-0.05, 0) is 36.8 Å². The number of aromatic hydroxyl groups is 1. The highest BCUT2D eigenvalue weighted by Gasteiger charge is 2.44. The van der Waals surface area contributed by atoms with Crippen molar-refractivity contribution in [2.24, 2.45) is 0 Å². The molecule has 11 heteroatoms. The second-order valence-electron chi connectivity index (χ2n) is 6.79. The van der Waals surface area contributed by atoms with Gasteiger partial charge in [0.25, 0.3) is 5.91 Å². The molecule has 2 heterocycles. The maximum absolute atomic E-state index is 15.3. The number of phenols is 1. The first-order valence-corrected chi connectivity index (χ1v) is 10.3. The molecule has 0 bridgehead atoms. The number of carbonyl (C=O) groups is 1. The van der Waals surface area contributed by atoms with E-state index < -0.39 is 45.2 Å². The van der Waals surface area contributed by atoms with Gasteiger partial charge in [0.15, 0.2) is 5.82 Å². The van der Waals surface area contributed by atoms with Gasteiger partial charge in [0.05, 0.1) is 12.7 Å². The summed E-state index contributed by atoms with van der Waals surface area (Å²) in [5.41, 5.74) is 0.318. The monoisotopic (exact) mass is 434 g/mol. The van der Waals surface area contributed by atoms with Crippen molar-refractivity contribution in [3.8, 4) is 16.9 Å².